The summed E-state index contributed by atoms with van der Waals surface area (Å²) in [6.45, 7) is 2.30. The molecule has 1 rings (SSSR count). The SMILES string of the molecule is COCC(C)N(C)C(=O)Nc1ccccc1CC(=O)O. The molecule has 2 N–H and O–H groups in total. The quantitative estimate of drug-likeness (QED) is 0.833. The van der Waals surface area contributed by atoms with E-state index in [2.05, 4.69) is 5.32 Å². The molecule has 6 nitrogen and oxygen atoms in total. The van der Waals surface area contributed by atoms with Crippen LogP contribution in [0.4, 0.5) is 10.5 Å². The van der Waals surface area contributed by atoms with E-state index in [1.807, 2.05) is 6.92 Å². The molecule has 0 radical (unpaired) electrons. The van der Waals surface area contributed by atoms with E-state index in [1.54, 1.807) is 38.4 Å². The highest BCUT2D eigenvalue weighted by atomic mass is 16.5. The van der Waals surface area contributed by atoms with Gasteiger partial charge in [0.1, 0.15) is 0 Å². The van der Waals surface area contributed by atoms with E-state index in [4.69, 9.17) is 9.84 Å². The summed E-state index contributed by atoms with van der Waals surface area (Å²) in [5.74, 6) is -0.937. The maximum atomic E-state index is 12.1. The lowest BCUT2D eigenvalue weighted by Gasteiger charge is -2.25. The Morgan fingerprint density at radius 2 is 2.05 bits per heavy atom. The van der Waals surface area contributed by atoms with E-state index in [0.29, 0.717) is 17.9 Å². The van der Waals surface area contributed by atoms with Crippen molar-refractivity contribution in [2.75, 3.05) is 26.1 Å². The van der Waals surface area contributed by atoms with E-state index in [0.717, 1.165) is 0 Å². The number of rotatable bonds is 6. The Balaban J connectivity index is 2.77. The maximum Gasteiger partial charge on any atom is 0.321 e. The van der Waals surface area contributed by atoms with Crippen LogP contribution in [0.5, 0.6) is 0 Å². The number of hydrogen-bond acceptors (Lipinski definition) is 3. The summed E-state index contributed by atoms with van der Waals surface area (Å²) in [4.78, 5) is 24.4. The lowest BCUT2D eigenvalue weighted by atomic mass is 10.1. The molecule has 1 atom stereocenters. The third kappa shape index (κ3) is 4.55. The van der Waals surface area contributed by atoms with Crippen molar-refractivity contribution >= 4 is 17.7 Å². The van der Waals surface area contributed by atoms with Gasteiger partial charge in [-0.2, -0.15) is 0 Å². The Bertz CT molecular complexity index is 476. The van der Waals surface area contributed by atoms with Crippen molar-refractivity contribution in [3.8, 4) is 0 Å². The van der Waals surface area contributed by atoms with Crippen LogP contribution in [0.1, 0.15) is 12.5 Å². The number of urea groups is 1. The number of hydrogen-bond donors (Lipinski definition) is 2. The van der Waals surface area contributed by atoms with E-state index in [-0.39, 0.29) is 18.5 Å². The number of carboxylic acids is 1. The van der Waals surface area contributed by atoms with Crippen molar-refractivity contribution in [2.24, 2.45) is 0 Å². The van der Waals surface area contributed by atoms with Gasteiger partial charge in [0.15, 0.2) is 0 Å². The van der Waals surface area contributed by atoms with Gasteiger partial charge >= 0.3 is 12.0 Å². The van der Waals surface area contributed by atoms with Crippen LogP contribution in [0.15, 0.2) is 24.3 Å². The lowest BCUT2D eigenvalue weighted by molar-refractivity contribution is -0.136. The van der Waals surface area contributed by atoms with Crippen molar-refractivity contribution in [3.63, 3.8) is 0 Å². The third-order valence-corrected chi connectivity index (χ3v) is 2.99. The number of carboxylic acid groups (broad SMARTS) is 1. The number of carbonyl (C=O) groups excluding carboxylic acids is 1. The minimum atomic E-state index is -0.937. The standard InChI is InChI=1S/C14H20N2O4/c1-10(9-20-3)16(2)14(19)15-12-7-5-4-6-11(12)8-13(17)18/h4-7,10H,8-9H2,1-3H3,(H,15,19)(H,17,18). The zero-order chi connectivity index (χ0) is 15.1. The molecule has 20 heavy (non-hydrogen) atoms. The van der Waals surface area contributed by atoms with Crippen LogP contribution in [0.2, 0.25) is 0 Å². The minimum absolute atomic E-state index is 0.0772. The number of para-hydroxylation sites is 1. The summed E-state index contributed by atoms with van der Waals surface area (Å²) in [5, 5.41) is 11.6. The monoisotopic (exact) mass is 280 g/mol. The zero-order valence-corrected chi connectivity index (χ0v) is 11.9. The number of ether oxygens (including phenoxy) is 1. The second-order valence-corrected chi connectivity index (χ2v) is 4.57. The van der Waals surface area contributed by atoms with Gasteiger partial charge in [0.25, 0.3) is 0 Å². The fraction of sp³-hybridized carbons (Fsp3) is 0.429. The number of methoxy groups -OCH3 is 1. The average Bonchev–Trinajstić information content (AvgIpc) is 2.39. The van der Waals surface area contributed by atoms with Gasteiger partial charge in [-0.3, -0.25) is 4.79 Å². The number of likely N-dealkylation sites (N-methyl/N-ethyl adjacent to an activating group) is 1. The number of benzene rings is 1. The summed E-state index contributed by atoms with van der Waals surface area (Å²) >= 11 is 0. The maximum absolute atomic E-state index is 12.1. The van der Waals surface area contributed by atoms with E-state index in [1.165, 1.54) is 4.90 Å². The van der Waals surface area contributed by atoms with E-state index in [9.17, 15) is 9.59 Å². The summed E-state index contributed by atoms with van der Waals surface area (Å²) in [6, 6.07) is 6.48. The molecule has 1 aromatic carbocycles. The molecule has 0 aliphatic rings. The van der Waals surface area contributed by atoms with Gasteiger partial charge in [0.05, 0.1) is 19.1 Å². The smallest absolute Gasteiger partial charge is 0.321 e. The van der Waals surface area contributed by atoms with Crippen LogP contribution in [0.3, 0.4) is 0 Å². The Morgan fingerprint density at radius 1 is 1.40 bits per heavy atom. The van der Waals surface area contributed by atoms with Crippen LogP contribution >= 0.6 is 0 Å². The first-order valence-corrected chi connectivity index (χ1v) is 6.28. The molecule has 0 spiro atoms. The molecular formula is C14H20N2O4. The third-order valence-electron chi connectivity index (χ3n) is 2.99. The number of amides is 2. The summed E-state index contributed by atoms with van der Waals surface area (Å²) in [5.41, 5.74) is 1.08. The number of anilines is 1. The molecule has 0 heterocycles. The Kier molecular flexibility index (Phi) is 5.99. The molecule has 2 amide bonds. The van der Waals surface area contributed by atoms with Crippen molar-refractivity contribution in [2.45, 2.75) is 19.4 Å². The van der Waals surface area contributed by atoms with Crippen LogP contribution in [-0.2, 0) is 16.0 Å². The van der Waals surface area contributed by atoms with Crippen molar-refractivity contribution < 1.29 is 19.4 Å². The molecule has 0 saturated carbocycles. The normalized spacial score (nSPS) is 11.8. The van der Waals surface area contributed by atoms with E-state index < -0.39 is 5.97 Å². The van der Waals surface area contributed by atoms with Crippen LogP contribution in [0.25, 0.3) is 0 Å². The number of nitrogens with zero attached hydrogens (tertiary/aromatic N) is 1. The Morgan fingerprint density at radius 3 is 2.65 bits per heavy atom. The number of carbonyl (C=O) groups is 2. The molecule has 0 fully saturated rings. The molecule has 1 aromatic rings. The predicted molar refractivity (Wildman–Crippen MR) is 75.9 cm³/mol. The molecule has 0 aliphatic heterocycles. The summed E-state index contributed by atoms with van der Waals surface area (Å²) < 4.78 is 5.00. The first-order chi connectivity index (χ1) is 9.45. The molecule has 0 aliphatic carbocycles. The second kappa shape index (κ2) is 7.49. The minimum Gasteiger partial charge on any atom is -0.481 e. The predicted octanol–water partition coefficient (Wildman–Crippen LogP) is 1.81. The van der Waals surface area contributed by atoms with Crippen LogP contribution in [-0.4, -0.2) is 48.8 Å². The van der Waals surface area contributed by atoms with Gasteiger partial charge in [-0.15, -0.1) is 0 Å². The zero-order valence-electron chi connectivity index (χ0n) is 11.9. The van der Waals surface area contributed by atoms with Crippen molar-refractivity contribution in [3.05, 3.63) is 29.8 Å². The molecule has 0 aromatic heterocycles. The molecule has 0 saturated heterocycles. The Labute approximate surface area is 118 Å². The molecule has 0 bridgehead atoms. The van der Waals surface area contributed by atoms with E-state index >= 15 is 0 Å². The fourth-order valence-electron chi connectivity index (χ4n) is 1.72. The molecular weight excluding hydrogens is 260 g/mol. The van der Waals surface area contributed by atoms with Crippen LogP contribution in [0, 0.1) is 0 Å². The van der Waals surface area contributed by atoms with Gasteiger partial charge in [-0.25, -0.2) is 4.79 Å². The van der Waals surface area contributed by atoms with Crippen molar-refractivity contribution in [1.82, 2.24) is 4.90 Å². The highest BCUT2D eigenvalue weighted by Crippen LogP contribution is 2.16. The first kappa shape index (κ1) is 16.0. The highest BCUT2D eigenvalue weighted by molar-refractivity contribution is 5.91. The molecule has 1 unspecified atom stereocenters. The highest BCUT2D eigenvalue weighted by Gasteiger charge is 2.17. The Hall–Kier alpha value is -2.08. The largest absolute Gasteiger partial charge is 0.481 e. The van der Waals surface area contributed by atoms with Gasteiger partial charge in [-0.1, -0.05) is 18.2 Å². The van der Waals surface area contributed by atoms with Gasteiger partial charge < -0.3 is 20.1 Å². The fourth-order valence-corrected chi connectivity index (χ4v) is 1.72. The van der Waals surface area contributed by atoms with Gasteiger partial charge in [0.2, 0.25) is 0 Å². The van der Waals surface area contributed by atoms with Crippen molar-refractivity contribution in [1.29, 1.82) is 0 Å². The summed E-state index contributed by atoms with van der Waals surface area (Å²) in [7, 11) is 3.24. The van der Waals surface area contributed by atoms with Crippen LogP contribution < -0.4 is 5.32 Å². The number of nitrogens with one attached hydrogen (secondary N) is 1. The first-order valence-electron chi connectivity index (χ1n) is 6.28. The average molecular weight is 280 g/mol. The van der Waals surface area contributed by atoms with Gasteiger partial charge in [0, 0.05) is 19.8 Å². The lowest BCUT2D eigenvalue weighted by Crippen LogP contribution is -2.40. The summed E-state index contributed by atoms with van der Waals surface area (Å²) in [6.07, 6.45) is -0.131. The molecule has 110 valence electrons. The topological polar surface area (TPSA) is 78.9 Å². The second-order valence-electron chi connectivity index (χ2n) is 4.57. The van der Waals surface area contributed by atoms with Gasteiger partial charge in [-0.05, 0) is 18.6 Å². The molecule has 6 heteroatoms. The number of aliphatic carboxylic acids is 1.